The molecule has 0 fully saturated rings. The second-order valence-electron chi connectivity index (χ2n) is 7.49. The second-order valence-corrected chi connectivity index (χ2v) is 7.49. The molecule has 32 heavy (non-hydrogen) atoms. The predicted molar refractivity (Wildman–Crippen MR) is 122 cm³/mol. The van der Waals surface area contributed by atoms with Crippen molar-refractivity contribution in [3.05, 3.63) is 88.7 Å². The average Bonchev–Trinajstić information content (AvgIpc) is 3.09. The molecule has 6 nitrogen and oxygen atoms in total. The van der Waals surface area contributed by atoms with Crippen LogP contribution >= 0.6 is 0 Å². The van der Waals surface area contributed by atoms with Crippen molar-refractivity contribution in [2.75, 3.05) is 20.3 Å². The molecule has 1 heterocycles. The minimum Gasteiger partial charge on any atom is -0.490 e. The number of esters is 1. The monoisotopic (exact) mass is 431 g/mol. The molecule has 0 radical (unpaired) electrons. The molecule has 0 aromatic heterocycles. The van der Waals surface area contributed by atoms with Gasteiger partial charge in [-0.15, -0.1) is 0 Å². The van der Waals surface area contributed by atoms with Crippen LogP contribution in [0.3, 0.4) is 0 Å². The van der Waals surface area contributed by atoms with Crippen molar-refractivity contribution in [2.45, 2.75) is 19.8 Å². The molecule has 2 aromatic carbocycles. The number of methoxy groups -OCH3 is 1. The Hall–Kier alpha value is -3.80. The van der Waals surface area contributed by atoms with Gasteiger partial charge in [0.2, 0.25) is 0 Å². The van der Waals surface area contributed by atoms with Crippen LogP contribution in [0.2, 0.25) is 0 Å². The lowest BCUT2D eigenvalue weighted by molar-refractivity contribution is -0.136. The van der Waals surface area contributed by atoms with Gasteiger partial charge in [-0.3, -0.25) is 4.79 Å². The summed E-state index contributed by atoms with van der Waals surface area (Å²) in [6, 6.07) is 12.9. The summed E-state index contributed by atoms with van der Waals surface area (Å²) in [5.74, 6) is -0.0872. The smallest absolute Gasteiger partial charge is 0.336 e. The van der Waals surface area contributed by atoms with Crippen molar-refractivity contribution in [2.24, 2.45) is 0 Å². The number of Topliss-reactive ketones (excluding diaryl/α,β-unsaturated/α-hetero) is 1. The first kappa shape index (κ1) is 21.4. The Bertz CT molecular complexity index is 1170. The number of allylic oxidation sites excluding steroid dienone is 2. The molecule has 0 saturated carbocycles. The Morgan fingerprint density at radius 2 is 1.88 bits per heavy atom. The lowest BCUT2D eigenvalue weighted by Crippen LogP contribution is -2.29. The van der Waals surface area contributed by atoms with Crippen LogP contribution in [0.5, 0.6) is 11.5 Å². The summed E-state index contributed by atoms with van der Waals surface area (Å²) in [4.78, 5) is 26.3. The third kappa shape index (κ3) is 3.47. The molecule has 164 valence electrons. The van der Waals surface area contributed by atoms with E-state index in [9.17, 15) is 9.59 Å². The maximum Gasteiger partial charge on any atom is 0.336 e. The molecule has 0 saturated heterocycles. The van der Waals surface area contributed by atoms with E-state index in [1.165, 1.54) is 7.11 Å². The van der Waals surface area contributed by atoms with E-state index in [1.807, 2.05) is 44.2 Å². The SMILES string of the molecule is C=CCOc1ccc(C2C(C(=O)OC)=C(C)NC3=C2C(=O)c2ccccc23)cc1OCC. The predicted octanol–water partition coefficient (Wildman–Crippen LogP) is 4.39. The normalized spacial score (nSPS) is 16.8. The topological polar surface area (TPSA) is 73.9 Å². The van der Waals surface area contributed by atoms with Gasteiger partial charge in [0.25, 0.3) is 0 Å². The number of carbonyl (C=O) groups is 2. The summed E-state index contributed by atoms with van der Waals surface area (Å²) in [5, 5.41) is 3.28. The van der Waals surface area contributed by atoms with Crippen molar-refractivity contribution in [1.29, 1.82) is 0 Å². The molecule has 0 bridgehead atoms. The number of hydrogen-bond donors (Lipinski definition) is 1. The molecule has 1 unspecified atom stereocenters. The Kier molecular flexibility index (Phi) is 5.86. The van der Waals surface area contributed by atoms with Crippen LogP contribution < -0.4 is 14.8 Å². The lowest BCUT2D eigenvalue weighted by atomic mass is 9.79. The highest BCUT2D eigenvalue weighted by Crippen LogP contribution is 2.47. The minimum atomic E-state index is -0.605. The van der Waals surface area contributed by atoms with Gasteiger partial charge in [0.15, 0.2) is 17.3 Å². The van der Waals surface area contributed by atoms with E-state index >= 15 is 0 Å². The fourth-order valence-electron chi connectivity index (χ4n) is 4.28. The number of rotatable bonds is 7. The average molecular weight is 431 g/mol. The van der Waals surface area contributed by atoms with Gasteiger partial charge in [-0.05, 0) is 31.5 Å². The van der Waals surface area contributed by atoms with Crippen LogP contribution in [0.4, 0.5) is 0 Å². The van der Waals surface area contributed by atoms with E-state index in [1.54, 1.807) is 18.2 Å². The van der Waals surface area contributed by atoms with E-state index in [2.05, 4.69) is 11.9 Å². The van der Waals surface area contributed by atoms with E-state index in [-0.39, 0.29) is 5.78 Å². The maximum atomic E-state index is 13.5. The fraction of sp³-hybridized carbons (Fsp3) is 0.231. The van der Waals surface area contributed by atoms with Crippen LogP contribution in [0.15, 0.2) is 72.0 Å². The number of nitrogens with one attached hydrogen (secondary N) is 1. The summed E-state index contributed by atoms with van der Waals surface area (Å²) in [5.41, 5.74) is 4.49. The molecule has 4 rings (SSSR count). The summed E-state index contributed by atoms with van der Waals surface area (Å²) < 4.78 is 16.6. The number of hydrogen-bond acceptors (Lipinski definition) is 6. The first-order chi connectivity index (χ1) is 15.5. The van der Waals surface area contributed by atoms with E-state index < -0.39 is 11.9 Å². The highest BCUT2D eigenvalue weighted by molar-refractivity contribution is 6.23. The quantitative estimate of drug-likeness (QED) is 0.518. The first-order valence-corrected chi connectivity index (χ1v) is 10.5. The summed E-state index contributed by atoms with van der Waals surface area (Å²) in [7, 11) is 1.34. The minimum absolute atomic E-state index is 0.105. The number of ether oxygens (including phenoxy) is 3. The zero-order valence-corrected chi connectivity index (χ0v) is 18.4. The van der Waals surface area contributed by atoms with E-state index in [0.717, 1.165) is 16.8 Å². The van der Waals surface area contributed by atoms with Crippen LogP contribution in [0.25, 0.3) is 5.70 Å². The van der Waals surface area contributed by atoms with Gasteiger partial charge in [-0.2, -0.15) is 0 Å². The van der Waals surface area contributed by atoms with Gasteiger partial charge in [-0.1, -0.05) is 43.0 Å². The van der Waals surface area contributed by atoms with Crippen LogP contribution in [-0.4, -0.2) is 32.1 Å². The van der Waals surface area contributed by atoms with Crippen molar-refractivity contribution >= 4 is 17.4 Å². The highest BCUT2D eigenvalue weighted by atomic mass is 16.5. The lowest BCUT2D eigenvalue weighted by Gasteiger charge is -2.29. The Balaban J connectivity index is 1.90. The highest BCUT2D eigenvalue weighted by Gasteiger charge is 2.43. The maximum absolute atomic E-state index is 13.5. The van der Waals surface area contributed by atoms with Gasteiger partial charge in [0.05, 0.1) is 25.0 Å². The molecule has 0 amide bonds. The molecule has 1 aliphatic heterocycles. The summed E-state index contributed by atoms with van der Waals surface area (Å²) in [6.07, 6.45) is 1.66. The van der Waals surface area contributed by atoms with E-state index in [4.69, 9.17) is 14.2 Å². The molecule has 1 atom stereocenters. The Morgan fingerprint density at radius 3 is 2.56 bits per heavy atom. The molecule has 2 aliphatic rings. The van der Waals surface area contributed by atoms with E-state index in [0.29, 0.717) is 47.1 Å². The third-order valence-electron chi connectivity index (χ3n) is 5.61. The molecule has 0 spiro atoms. The molecular formula is C26H25NO5. The number of carbonyl (C=O) groups excluding carboxylic acids is 2. The van der Waals surface area contributed by atoms with Crippen molar-refractivity contribution in [1.82, 2.24) is 5.32 Å². The summed E-state index contributed by atoms with van der Waals surface area (Å²) >= 11 is 0. The zero-order chi connectivity index (χ0) is 22.8. The number of fused-ring (bicyclic) bond motifs is 2. The first-order valence-electron chi connectivity index (χ1n) is 10.5. The van der Waals surface area contributed by atoms with Crippen molar-refractivity contribution < 1.29 is 23.8 Å². The van der Waals surface area contributed by atoms with Crippen LogP contribution in [0.1, 0.15) is 41.3 Å². The number of ketones is 1. The number of benzene rings is 2. The third-order valence-corrected chi connectivity index (χ3v) is 5.61. The largest absolute Gasteiger partial charge is 0.490 e. The van der Waals surface area contributed by atoms with Gasteiger partial charge in [-0.25, -0.2) is 4.79 Å². The Morgan fingerprint density at radius 1 is 1.12 bits per heavy atom. The second kappa shape index (κ2) is 8.75. The van der Waals surface area contributed by atoms with Gasteiger partial charge in [0.1, 0.15) is 6.61 Å². The van der Waals surface area contributed by atoms with Crippen LogP contribution in [0, 0.1) is 0 Å². The van der Waals surface area contributed by atoms with Crippen molar-refractivity contribution in [3.63, 3.8) is 0 Å². The molecule has 1 N–H and O–H groups in total. The Labute approximate surface area is 187 Å². The van der Waals surface area contributed by atoms with Crippen LogP contribution in [-0.2, 0) is 9.53 Å². The van der Waals surface area contributed by atoms with Gasteiger partial charge >= 0.3 is 5.97 Å². The standard InChI is InChI=1S/C26H25NO5/c1-5-13-32-19-12-11-16(14-20(19)31-6-2)22-21(26(29)30-4)15(3)27-24-17-9-7-8-10-18(17)25(28)23(22)24/h5,7-12,14,22,27H,1,6,13H2,2-4H3. The zero-order valence-electron chi connectivity index (χ0n) is 18.4. The molecule has 2 aromatic rings. The molecular weight excluding hydrogens is 406 g/mol. The molecule has 6 heteroatoms. The molecule has 1 aliphatic carbocycles. The van der Waals surface area contributed by atoms with Crippen molar-refractivity contribution in [3.8, 4) is 11.5 Å². The van der Waals surface area contributed by atoms with Gasteiger partial charge < -0.3 is 19.5 Å². The number of dihydropyridines is 1. The fourth-order valence-corrected chi connectivity index (χ4v) is 4.28. The van der Waals surface area contributed by atoms with Gasteiger partial charge in [0, 0.05) is 28.3 Å². The summed E-state index contributed by atoms with van der Waals surface area (Å²) in [6.45, 7) is 8.16.